The van der Waals surface area contributed by atoms with Gasteiger partial charge < -0.3 is 5.32 Å². The maximum Gasteiger partial charge on any atom is 0.213 e. The van der Waals surface area contributed by atoms with E-state index in [4.69, 9.17) is 5.26 Å². The summed E-state index contributed by atoms with van der Waals surface area (Å²) in [6, 6.07) is 8.06. The molecular formula is C18H24N4O2S2. The number of anilines is 1. The Kier molecular flexibility index (Phi) is 5.80. The third-order valence-electron chi connectivity index (χ3n) is 4.89. The van der Waals surface area contributed by atoms with Crippen LogP contribution in [0.4, 0.5) is 5.13 Å². The normalized spacial score (nSPS) is 21.0. The number of nitrogens with one attached hydrogen (secondary N) is 2. The van der Waals surface area contributed by atoms with Crippen molar-refractivity contribution in [2.75, 3.05) is 11.9 Å². The molecule has 0 atom stereocenters. The van der Waals surface area contributed by atoms with Gasteiger partial charge in [0.25, 0.3) is 0 Å². The Morgan fingerprint density at radius 3 is 2.69 bits per heavy atom. The molecule has 0 radical (unpaired) electrons. The number of rotatable bonds is 6. The van der Waals surface area contributed by atoms with E-state index in [1.54, 1.807) is 31.3 Å². The second-order valence-electron chi connectivity index (χ2n) is 7.12. The van der Waals surface area contributed by atoms with Gasteiger partial charge in [-0.15, -0.1) is 0 Å². The van der Waals surface area contributed by atoms with Gasteiger partial charge >= 0.3 is 0 Å². The molecule has 0 amide bonds. The second-order valence-corrected chi connectivity index (χ2v) is 10.5. The van der Waals surface area contributed by atoms with Crippen molar-refractivity contribution in [2.24, 2.45) is 5.92 Å². The third-order valence-corrected chi connectivity index (χ3v) is 7.65. The van der Waals surface area contributed by atoms with Crippen molar-refractivity contribution < 1.29 is 8.42 Å². The van der Waals surface area contributed by atoms with Gasteiger partial charge in [-0.1, -0.05) is 11.3 Å². The molecule has 0 unspecified atom stereocenters. The zero-order chi connectivity index (χ0) is 18.7. The number of nitriles is 1. The summed E-state index contributed by atoms with van der Waals surface area (Å²) in [5, 5.41) is 13.0. The summed E-state index contributed by atoms with van der Waals surface area (Å²) in [7, 11) is -3.18. The molecule has 1 fully saturated rings. The summed E-state index contributed by atoms with van der Waals surface area (Å²) in [4.78, 5) is 4.60. The summed E-state index contributed by atoms with van der Waals surface area (Å²) < 4.78 is 27.5. The largest absolute Gasteiger partial charge is 0.359 e. The quantitative estimate of drug-likeness (QED) is 0.785. The smallest absolute Gasteiger partial charge is 0.213 e. The monoisotopic (exact) mass is 392 g/mol. The molecule has 3 rings (SSSR count). The number of hydrogen-bond acceptors (Lipinski definition) is 6. The van der Waals surface area contributed by atoms with Crippen LogP contribution in [0.3, 0.4) is 0 Å². The minimum absolute atomic E-state index is 0.365. The molecule has 6 nitrogen and oxygen atoms in total. The lowest BCUT2D eigenvalue weighted by Gasteiger charge is -2.29. The van der Waals surface area contributed by atoms with E-state index in [1.165, 1.54) is 0 Å². The van der Waals surface area contributed by atoms with Crippen LogP contribution in [0.5, 0.6) is 0 Å². The van der Waals surface area contributed by atoms with E-state index in [2.05, 4.69) is 21.1 Å². The Morgan fingerprint density at radius 2 is 2.04 bits per heavy atom. The lowest BCUT2D eigenvalue weighted by atomic mass is 9.86. The van der Waals surface area contributed by atoms with Crippen LogP contribution in [0.1, 0.15) is 45.1 Å². The highest BCUT2D eigenvalue weighted by atomic mass is 32.2. The fourth-order valence-electron chi connectivity index (χ4n) is 3.14. The van der Waals surface area contributed by atoms with E-state index >= 15 is 0 Å². The Balaban J connectivity index is 1.52. The molecule has 1 heterocycles. The Hall–Kier alpha value is -1.69. The van der Waals surface area contributed by atoms with Crippen LogP contribution >= 0.6 is 11.3 Å². The molecule has 1 aromatic carbocycles. The Morgan fingerprint density at radius 1 is 1.31 bits per heavy atom. The predicted molar refractivity (Wildman–Crippen MR) is 106 cm³/mol. The van der Waals surface area contributed by atoms with Crippen LogP contribution in [-0.2, 0) is 10.0 Å². The van der Waals surface area contributed by atoms with Crippen molar-refractivity contribution in [3.63, 3.8) is 0 Å². The molecule has 2 N–H and O–H groups in total. The highest BCUT2D eigenvalue weighted by Crippen LogP contribution is 2.31. The summed E-state index contributed by atoms with van der Waals surface area (Å²) in [5.41, 5.74) is 1.56. The first kappa shape index (κ1) is 19.1. The van der Waals surface area contributed by atoms with Crippen molar-refractivity contribution in [3.8, 4) is 6.07 Å². The van der Waals surface area contributed by atoms with Gasteiger partial charge in [0.05, 0.1) is 27.1 Å². The molecule has 26 heavy (non-hydrogen) atoms. The van der Waals surface area contributed by atoms with Gasteiger partial charge in [-0.3, -0.25) is 0 Å². The SMILES string of the molecule is CC(C)S(=O)(=O)NCC1CCC(Nc2nc3ccc(C#N)cc3s2)CC1. The van der Waals surface area contributed by atoms with E-state index in [0.717, 1.165) is 41.0 Å². The van der Waals surface area contributed by atoms with Gasteiger partial charge in [-0.25, -0.2) is 18.1 Å². The van der Waals surface area contributed by atoms with Crippen molar-refractivity contribution in [2.45, 2.75) is 50.8 Å². The van der Waals surface area contributed by atoms with Crippen LogP contribution < -0.4 is 10.0 Å². The van der Waals surface area contributed by atoms with Crippen molar-refractivity contribution in [3.05, 3.63) is 23.8 Å². The van der Waals surface area contributed by atoms with Gasteiger partial charge in [0, 0.05) is 12.6 Å². The van der Waals surface area contributed by atoms with Gasteiger partial charge in [0.2, 0.25) is 10.0 Å². The minimum Gasteiger partial charge on any atom is -0.359 e. The lowest BCUT2D eigenvalue weighted by Crippen LogP contribution is -2.37. The van der Waals surface area contributed by atoms with E-state index in [-0.39, 0.29) is 5.25 Å². The molecule has 1 aromatic heterocycles. The molecule has 0 spiro atoms. The number of aromatic nitrogens is 1. The number of nitrogens with zero attached hydrogens (tertiary/aromatic N) is 2. The van der Waals surface area contributed by atoms with E-state index in [0.29, 0.717) is 24.1 Å². The Labute approximate surface area is 158 Å². The molecule has 0 aliphatic heterocycles. The molecule has 2 aromatic rings. The van der Waals surface area contributed by atoms with Crippen molar-refractivity contribution in [1.29, 1.82) is 5.26 Å². The topological polar surface area (TPSA) is 94.9 Å². The molecule has 1 aliphatic carbocycles. The summed E-state index contributed by atoms with van der Waals surface area (Å²) in [6.45, 7) is 3.92. The molecule has 1 aliphatic rings. The molecule has 8 heteroatoms. The number of thiazole rings is 1. The number of sulfonamides is 1. The first-order chi connectivity index (χ1) is 12.4. The molecule has 140 valence electrons. The van der Waals surface area contributed by atoms with E-state index in [9.17, 15) is 8.42 Å². The maximum absolute atomic E-state index is 11.9. The standard InChI is InChI=1S/C18H24N4O2S2/c1-12(2)26(23,24)20-11-13-3-6-15(7-4-13)21-18-22-16-8-5-14(10-19)9-17(16)25-18/h5,8-9,12-13,15,20H,3-4,6-7,11H2,1-2H3,(H,21,22). The highest BCUT2D eigenvalue weighted by molar-refractivity contribution is 7.90. The van der Waals surface area contributed by atoms with E-state index < -0.39 is 10.0 Å². The van der Waals surface area contributed by atoms with Crippen LogP contribution in [0.2, 0.25) is 0 Å². The Bertz CT molecular complexity index is 907. The first-order valence-electron chi connectivity index (χ1n) is 8.93. The van der Waals surface area contributed by atoms with Crippen molar-refractivity contribution >= 4 is 36.7 Å². The third kappa shape index (κ3) is 4.53. The second kappa shape index (κ2) is 7.91. The molecule has 1 saturated carbocycles. The van der Waals surface area contributed by atoms with Gasteiger partial charge in [0.1, 0.15) is 0 Å². The first-order valence-corrected chi connectivity index (χ1v) is 11.3. The molecule has 0 saturated heterocycles. The summed E-state index contributed by atoms with van der Waals surface area (Å²) in [6.07, 6.45) is 4.02. The summed E-state index contributed by atoms with van der Waals surface area (Å²) in [5.74, 6) is 0.398. The average molecular weight is 393 g/mol. The predicted octanol–water partition coefficient (Wildman–Crippen LogP) is 3.47. The fourth-order valence-corrected chi connectivity index (χ4v) is 4.93. The van der Waals surface area contributed by atoms with Crippen LogP contribution in [0.15, 0.2) is 18.2 Å². The van der Waals surface area contributed by atoms with Crippen LogP contribution in [0, 0.1) is 17.2 Å². The summed E-state index contributed by atoms with van der Waals surface area (Å²) >= 11 is 1.57. The van der Waals surface area contributed by atoms with Crippen LogP contribution in [-0.4, -0.2) is 31.2 Å². The number of fused-ring (bicyclic) bond motifs is 1. The van der Waals surface area contributed by atoms with Gasteiger partial charge in [0.15, 0.2) is 5.13 Å². The average Bonchev–Trinajstić information content (AvgIpc) is 3.02. The molecule has 0 bridgehead atoms. The van der Waals surface area contributed by atoms with E-state index in [1.807, 2.05) is 12.1 Å². The fraction of sp³-hybridized carbons (Fsp3) is 0.556. The number of hydrogen-bond donors (Lipinski definition) is 2. The highest BCUT2D eigenvalue weighted by Gasteiger charge is 2.24. The zero-order valence-electron chi connectivity index (χ0n) is 15.0. The number of benzene rings is 1. The lowest BCUT2D eigenvalue weighted by molar-refractivity contribution is 0.337. The maximum atomic E-state index is 11.9. The van der Waals surface area contributed by atoms with Crippen LogP contribution in [0.25, 0.3) is 10.2 Å². The zero-order valence-corrected chi connectivity index (χ0v) is 16.7. The minimum atomic E-state index is -3.18. The van der Waals surface area contributed by atoms with Crippen molar-refractivity contribution in [1.82, 2.24) is 9.71 Å². The van der Waals surface area contributed by atoms with Gasteiger partial charge in [-0.2, -0.15) is 5.26 Å². The molecular weight excluding hydrogens is 368 g/mol. The van der Waals surface area contributed by atoms with Gasteiger partial charge in [-0.05, 0) is 63.6 Å².